The van der Waals surface area contributed by atoms with Crippen molar-refractivity contribution in [2.45, 2.75) is 60.3 Å². The van der Waals surface area contributed by atoms with Gasteiger partial charge in [0.15, 0.2) is 0 Å². The lowest BCUT2D eigenvalue weighted by atomic mass is 9.66. The second-order valence-electron chi connectivity index (χ2n) is 6.60. The molecule has 4 unspecified atom stereocenters. The predicted molar refractivity (Wildman–Crippen MR) is 80.1 cm³/mol. The van der Waals surface area contributed by atoms with Crippen LogP contribution in [0, 0.1) is 38.5 Å². The number of rotatable bonds is 1. The third-order valence-corrected chi connectivity index (χ3v) is 5.79. The standard InChI is InChI=1S/C18H28/c1-11-7-9-17(15(5)13(11)3)18-10-8-12(2)14(4)16(18)6/h7,9,12,14,16,18H,8,10H2,1-6H3. The molecule has 0 heterocycles. The Labute approximate surface area is 113 Å². The van der Waals surface area contributed by atoms with Crippen LogP contribution in [0.4, 0.5) is 0 Å². The van der Waals surface area contributed by atoms with Crippen LogP contribution in [0.1, 0.15) is 61.8 Å². The minimum absolute atomic E-state index is 0.774. The molecule has 0 N–H and O–H groups in total. The molecule has 4 atom stereocenters. The zero-order valence-electron chi connectivity index (χ0n) is 12.9. The molecule has 0 amide bonds. The lowest BCUT2D eigenvalue weighted by molar-refractivity contribution is 0.168. The first-order valence-corrected chi connectivity index (χ1v) is 7.50. The summed E-state index contributed by atoms with van der Waals surface area (Å²) in [7, 11) is 0. The van der Waals surface area contributed by atoms with Crippen molar-refractivity contribution in [1.82, 2.24) is 0 Å². The van der Waals surface area contributed by atoms with Gasteiger partial charge in [-0.1, -0.05) is 32.9 Å². The molecule has 0 saturated heterocycles. The Hall–Kier alpha value is -0.780. The van der Waals surface area contributed by atoms with Crippen LogP contribution in [-0.4, -0.2) is 0 Å². The van der Waals surface area contributed by atoms with Gasteiger partial charge in [-0.25, -0.2) is 0 Å². The third-order valence-electron chi connectivity index (χ3n) is 5.79. The summed E-state index contributed by atoms with van der Waals surface area (Å²) in [5.41, 5.74) is 6.07. The van der Waals surface area contributed by atoms with Crippen LogP contribution < -0.4 is 0 Å². The number of aryl methyl sites for hydroxylation is 1. The molecule has 0 spiro atoms. The molecule has 0 radical (unpaired) electrons. The fourth-order valence-corrected chi connectivity index (χ4v) is 3.67. The van der Waals surface area contributed by atoms with E-state index >= 15 is 0 Å². The van der Waals surface area contributed by atoms with Crippen molar-refractivity contribution in [3.8, 4) is 0 Å². The Balaban J connectivity index is 2.35. The van der Waals surface area contributed by atoms with E-state index in [4.69, 9.17) is 0 Å². The van der Waals surface area contributed by atoms with E-state index in [0.717, 1.165) is 23.7 Å². The van der Waals surface area contributed by atoms with Crippen molar-refractivity contribution >= 4 is 0 Å². The molecule has 1 fully saturated rings. The summed E-state index contributed by atoms with van der Waals surface area (Å²) < 4.78 is 0. The van der Waals surface area contributed by atoms with Gasteiger partial charge in [0.25, 0.3) is 0 Å². The molecule has 0 aromatic heterocycles. The summed E-state index contributed by atoms with van der Waals surface area (Å²) in [5, 5.41) is 0. The summed E-state index contributed by atoms with van der Waals surface area (Å²) in [6, 6.07) is 4.70. The smallest absolute Gasteiger partial charge is 0.0131 e. The molecule has 2 rings (SSSR count). The molecule has 100 valence electrons. The maximum absolute atomic E-state index is 2.46. The van der Waals surface area contributed by atoms with E-state index in [1.165, 1.54) is 29.5 Å². The van der Waals surface area contributed by atoms with Gasteiger partial charge in [-0.05, 0) is 79.5 Å². The molecule has 1 aromatic carbocycles. The quantitative estimate of drug-likeness (QED) is 0.620. The van der Waals surface area contributed by atoms with E-state index < -0.39 is 0 Å². The molecule has 0 heteroatoms. The second kappa shape index (κ2) is 5.07. The summed E-state index contributed by atoms with van der Waals surface area (Å²) in [5.74, 6) is 3.33. The highest BCUT2D eigenvalue weighted by Gasteiger charge is 2.33. The number of benzene rings is 1. The predicted octanol–water partition coefficient (Wildman–Crippen LogP) is 5.40. The van der Waals surface area contributed by atoms with Crippen molar-refractivity contribution in [3.05, 3.63) is 34.4 Å². The fraction of sp³-hybridized carbons (Fsp3) is 0.667. The minimum atomic E-state index is 0.774. The summed E-state index contributed by atoms with van der Waals surface area (Å²) >= 11 is 0. The highest BCUT2D eigenvalue weighted by molar-refractivity contribution is 5.41. The molecule has 1 saturated carbocycles. The van der Waals surface area contributed by atoms with E-state index in [-0.39, 0.29) is 0 Å². The summed E-state index contributed by atoms with van der Waals surface area (Å²) in [6.07, 6.45) is 2.76. The highest BCUT2D eigenvalue weighted by atomic mass is 14.4. The lowest BCUT2D eigenvalue weighted by Crippen LogP contribution is -2.29. The number of hydrogen-bond donors (Lipinski definition) is 0. The Morgan fingerprint density at radius 3 is 2.17 bits per heavy atom. The van der Waals surface area contributed by atoms with Crippen LogP contribution in [-0.2, 0) is 0 Å². The van der Waals surface area contributed by atoms with Gasteiger partial charge in [-0.3, -0.25) is 0 Å². The van der Waals surface area contributed by atoms with Crippen LogP contribution in [0.15, 0.2) is 12.1 Å². The van der Waals surface area contributed by atoms with E-state index in [0.29, 0.717) is 0 Å². The monoisotopic (exact) mass is 244 g/mol. The molecule has 1 aliphatic rings. The van der Waals surface area contributed by atoms with Crippen molar-refractivity contribution in [1.29, 1.82) is 0 Å². The molecular weight excluding hydrogens is 216 g/mol. The van der Waals surface area contributed by atoms with Crippen molar-refractivity contribution in [2.75, 3.05) is 0 Å². The summed E-state index contributed by atoms with van der Waals surface area (Å²) in [4.78, 5) is 0. The maximum atomic E-state index is 2.46. The first kappa shape index (κ1) is 13.6. The normalized spacial score (nSPS) is 32.6. The van der Waals surface area contributed by atoms with Gasteiger partial charge in [-0.15, -0.1) is 0 Å². The van der Waals surface area contributed by atoms with Crippen molar-refractivity contribution in [2.24, 2.45) is 17.8 Å². The van der Waals surface area contributed by atoms with Crippen molar-refractivity contribution < 1.29 is 0 Å². The zero-order chi connectivity index (χ0) is 13.4. The molecule has 0 nitrogen and oxygen atoms in total. The van der Waals surface area contributed by atoms with E-state index in [2.05, 4.69) is 53.7 Å². The Morgan fingerprint density at radius 2 is 1.50 bits per heavy atom. The fourth-order valence-electron chi connectivity index (χ4n) is 3.67. The molecule has 18 heavy (non-hydrogen) atoms. The van der Waals surface area contributed by atoms with Crippen LogP contribution in [0.5, 0.6) is 0 Å². The van der Waals surface area contributed by atoms with E-state index in [1.807, 2.05) is 0 Å². The average Bonchev–Trinajstić information content (AvgIpc) is 2.35. The first-order chi connectivity index (χ1) is 8.43. The molecule has 0 bridgehead atoms. The second-order valence-corrected chi connectivity index (χ2v) is 6.60. The van der Waals surface area contributed by atoms with Gasteiger partial charge in [0.2, 0.25) is 0 Å². The van der Waals surface area contributed by atoms with Crippen LogP contribution in [0.25, 0.3) is 0 Å². The van der Waals surface area contributed by atoms with Gasteiger partial charge in [-0.2, -0.15) is 0 Å². The summed E-state index contributed by atoms with van der Waals surface area (Å²) in [6.45, 7) is 14.1. The largest absolute Gasteiger partial charge is 0.0622 e. The Bertz CT molecular complexity index is 430. The van der Waals surface area contributed by atoms with Gasteiger partial charge in [0.05, 0.1) is 0 Å². The minimum Gasteiger partial charge on any atom is -0.0622 e. The topological polar surface area (TPSA) is 0 Å². The van der Waals surface area contributed by atoms with E-state index in [9.17, 15) is 0 Å². The first-order valence-electron chi connectivity index (χ1n) is 7.50. The Morgan fingerprint density at radius 1 is 0.833 bits per heavy atom. The maximum Gasteiger partial charge on any atom is -0.0131 e. The SMILES string of the molecule is Cc1ccc(C2CCC(C)C(C)C2C)c(C)c1C. The highest BCUT2D eigenvalue weighted by Crippen LogP contribution is 2.44. The lowest BCUT2D eigenvalue weighted by Gasteiger charge is -2.39. The van der Waals surface area contributed by atoms with Crippen LogP contribution in [0.3, 0.4) is 0 Å². The van der Waals surface area contributed by atoms with Gasteiger partial charge < -0.3 is 0 Å². The van der Waals surface area contributed by atoms with Crippen LogP contribution >= 0.6 is 0 Å². The number of hydrogen-bond acceptors (Lipinski definition) is 0. The van der Waals surface area contributed by atoms with Crippen LogP contribution in [0.2, 0.25) is 0 Å². The molecule has 0 aliphatic heterocycles. The average molecular weight is 244 g/mol. The Kier molecular flexibility index (Phi) is 3.84. The van der Waals surface area contributed by atoms with Crippen molar-refractivity contribution in [3.63, 3.8) is 0 Å². The van der Waals surface area contributed by atoms with Gasteiger partial charge >= 0.3 is 0 Å². The molecule has 1 aromatic rings. The third kappa shape index (κ3) is 2.22. The molecule has 1 aliphatic carbocycles. The zero-order valence-corrected chi connectivity index (χ0v) is 12.9. The molecular formula is C18H28. The van der Waals surface area contributed by atoms with E-state index in [1.54, 1.807) is 5.56 Å². The van der Waals surface area contributed by atoms with Gasteiger partial charge in [0.1, 0.15) is 0 Å². The van der Waals surface area contributed by atoms with Gasteiger partial charge in [0, 0.05) is 0 Å².